The highest BCUT2D eigenvalue weighted by molar-refractivity contribution is 7.85. The number of rotatable bonds is 12. The second kappa shape index (κ2) is 10.6. The molecule has 0 spiro atoms. The van der Waals surface area contributed by atoms with Crippen molar-refractivity contribution in [3.8, 4) is 0 Å². The lowest BCUT2D eigenvalue weighted by atomic mass is 10.2. The highest BCUT2D eigenvalue weighted by Gasteiger charge is 2.50. The van der Waals surface area contributed by atoms with E-state index in [1.807, 2.05) is 0 Å². The number of quaternary nitrogens is 1. The minimum Gasteiger partial charge on any atom is -0.436 e. The Balaban J connectivity index is 5.55. The van der Waals surface area contributed by atoms with Crippen molar-refractivity contribution < 1.29 is 25.7 Å². The van der Waals surface area contributed by atoms with E-state index in [1.54, 1.807) is 0 Å². The van der Waals surface area contributed by atoms with Gasteiger partial charge in [-0.1, -0.05) is 41.5 Å². The predicted molar refractivity (Wildman–Crippen MR) is 145 cm³/mol. The first kappa shape index (κ1) is 32.4. The lowest BCUT2D eigenvalue weighted by Crippen LogP contribution is -2.59. The lowest BCUT2D eigenvalue weighted by molar-refractivity contribution is -0.913. The molecular formula is C22H54NO5SSi3+. The molecule has 0 radical (unpaired) electrons. The molecule has 0 saturated carbocycles. The third-order valence-corrected chi connectivity index (χ3v) is 24.7. The van der Waals surface area contributed by atoms with E-state index >= 15 is 0 Å². The van der Waals surface area contributed by atoms with Gasteiger partial charge in [0.15, 0.2) is 16.6 Å². The maximum Gasteiger partial charge on any atom is 0.314 e. The van der Waals surface area contributed by atoms with Crippen LogP contribution in [0.5, 0.6) is 0 Å². The van der Waals surface area contributed by atoms with Crippen LogP contribution in [0.25, 0.3) is 0 Å². The molecule has 0 aromatic heterocycles. The molecule has 10 heteroatoms. The fourth-order valence-electron chi connectivity index (χ4n) is 3.21. The molecule has 0 fully saturated rings. The Morgan fingerprint density at radius 3 is 1.56 bits per heavy atom. The number of hydrogen-bond acceptors (Lipinski definition) is 4. The quantitative estimate of drug-likeness (QED) is 0.184. The predicted octanol–water partition coefficient (Wildman–Crippen LogP) is 6.23. The minimum atomic E-state index is -3.93. The van der Waals surface area contributed by atoms with Crippen molar-refractivity contribution >= 4 is 35.3 Å². The van der Waals surface area contributed by atoms with Crippen LogP contribution in [-0.2, 0) is 18.3 Å². The van der Waals surface area contributed by atoms with Gasteiger partial charge in [0.05, 0.1) is 32.4 Å². The monoisotopic (exact) mass is 528 g/mol. The molecule has 0 aromatic rings. The molecule has 32 heavy (non-hydrogen) atoms. The standard InChI is InChI=1S/C22H53NO5SSi3/c1-20(16-18-29(24,25)26)23(8,9)17-15-19-32(14,27-30(10,11)21(2,3)4)28-31(12,13)22(5,6)7/h20H,15-19H2,1-14H3/p+1. The Kier molecular flexibility index (Phi) is 10.7. The maximum atomic E-state index is 11.2. The summed E-state index contributed by atoms with van der Waals surface area (Å²) in [5.41, 5.74) is 0. The molecule has 194 valence electrons. The molecule has 0 amide bonds. The van der Waals surface area contributed by atoms with Gasteiger partial charge in [-0.15, -0.1) is 0 Å². The van der Waals surface area contributed by atoms with E-state index in [1.165, 1.54) is 0 Å². The van der Waals surface area contributed by atoms with Crippen molar-refractivity contribution in [2.75, 3.05) is 26.4 Å². The number of hydrogen-bond donors (Lipinski definition) is 1. The van der Waals surface area contributed by atoms with E-state index in [2.05, 4.69) is 95.3 Å². The summed E-state index contributed by atoms with van der Waals surface area (Å²) < 4.78 is 46.3. The summed E-state index contributed by atoms with van der Waals surface area (Å²) in [7, 11) is -6.08. The van der Waals surface area contributed by atoms with Gasteiger partial charge >= 0.3 is 8.56 Å². The van der Waals surface area contributed by atoms with Crippen LogP contribution in [0.1, 0.15) is 61.3 Å². The maximum absolute atomic E-state index is 11.2. The summed E-state index contributed by atoms with van der Waals surface area (Å²) in [6.45, 7) is 28.1. The smallest absolute Gasteiger partial charge is 0.314 e. The molecule has 1 atom stereocenters. The van der Waals surface area contributed by atoms with Gasteiger partial charge in [0, 0.05) is 6.42 Å². The second-order valence-electron chi connectivity index (χ2n) is 13.4. The Morgan fingerprint density at radius 2 is 1.25 bits per heavy atom. The van der Waals surface area contributed by atoms with E-state index < -0.39 is 35.3 Å². The van der Waals surface area contributed by atoms with E-state index in [-0.39, 0.29) is 21.9 Å². The topological polar surface area (TPSA) is 72.8 Å². The summed E-state index contributed by atoms with van der Waals surface area (Å²) >= 11 is 0. The highest BCUT2D eigenvalue weighted by atomic mass is 32.2. The van der Waals surface area contributed by atoms with Gasteiger partial charge in [-0.05, 0) is 62.2 Å². The molecule has 0 heterocycles. The minimum absolute atomic E-state index is 0.123. The molecule has 6 nitrogen and oxygen atoms in total. The Hall–Kier alpha value is 0.441. The molecule has 0 saturated heterocycles. The van der Waals surface area contributed by atoms with Crippen LogP contribution in [0.3, 0.4) is 0 Å². The molecule has 0 aliphatic rings. The number of nitrogens with zero attached hydrogens (tertiary/aromatic N) is 1. The largest absolute Gasteiger partial charge is 0.436 e. The fraction of sp³-hybridized carbons (Fsp3) is 1.00. The fourth-order valence-corrected chi connectivity index (χ4v) is 17.1. The van der Waals surface area contributed by atoms with E-state index in [9.17, 15) is 8.42 Å². The summed E-state index contributed by atoms with van der Waals surface area (Å²) in [6.07, 6.45) is 1.41. The summed E-state index contributed by atoms with van der Waals surface area (Å²) in [6, 6.07) is 1.06. The zero-order valence-corrected chi connectivity index (χ0v) is 27.4. The van der Waals surface area contributed by atoms with Gasteiger partial charge in [-0.25, -0.2) is 0 Å². The second-order valence-corrected chi connectivity index (χ2v) is 28.4. The van der Waals surface area contributed by atoms with Gasteiger partial charge in [0.2, 0.25) is 0 Å². The van der Waals surface area contributed by atoms with Gasteiger partial charge < -0.3 is 12.7 Å². The van der Waals surface area contributed by atoms with E-state index in [4.69, 9.17) is 12.8 Å². The van der Waals surface area contributed by atoms with Crippen LogP contribution in [0.2, 0.25) is 48.9 Å². The average Bonchev–Trinajstić information content (AvgIpc) is 2.47. The summed E-state index contributed by atoms with van der Waals surface area (Å²) in [5, 5.41) is 0.245. The van der Waals surface area contributed by atoms with Crippen LogP contribution in [0, 0.1) is 0 Å². The Bertz CT molecular complexity index is 682. The molecule has 1 N–H and O–H groups in total. The van der Waals surface area contributed by atoms with Crippen molar-refractivity contribution in [3.05, 3.63) is 0 Å². The van der Waals surface area contributed by atoms with Crippen molar-refractivity contribution in [2.24, 2.45) is 0 Å². The van der Waals surface area contributed by atoms with Gasteiger partial charge in [0.1, 0.15) is 0 Å². The Morgan fingerprint density at radius 1 is 0.875 bits per heavy atom. The third kappa shape index (κ3) is 10.4. The zero-order chi connectivity index (χ0) is 26.0. The Labute approximate surface area is 203 Å². The van der Waals surface area contributed by atoms with Gasteiger partial charge in [0.25, 0.3) is 10.1 Å². The summed E-state index contributed by atoms with van der Waals surface area (Å²) in [5.74, 6) is -0.189. The van der Waals surface area contributed by atoms with E-state index in [0.717, 1.165) is 19.0 Å². The molecule has 1 unspecified atom stereocenters. The van der Waals surface area contributed by atoms with Crippen LogP contribution >= 0.6 is 0 Å². The van der Waals surface area contributed by atoms with Crippen molar-refractivity contribution in [2.45, 2.75) is 116 Å². The van der Waals surface area contributed by atoms with Crippen LogP contribution in [0.4, 0.5) is 0 Å². The van der Waals surface area contributed by atoms with Crippen LogP contribution in [-0.4, -0.2) is 75.1 Å². The van der Waals surface area contributed by atoms with Gasteiger partial charge in [-0.2, -0.15) is 8.42 Å². The molecule has 0 bridgehead atoms. The first-order chi connectivity index (χ1) is 13.7. The third-order valence-electron chi connectivity index (χ3n) is 7.91. The van der Waals surface area contributed by atoms with Crippen molar-refractivity contribution in [1.29, 1.82) is 0 Å². The zero-order valence-electron chi connectivity index (χ0n) is 23.5. The molecule has 0 aliphatic heterocycles. The normalized spacial score (nSPS) is 16.3. The highest BCUT2D eigenvalue weighted by Crippen LogP contribution is 2.43. The van der Waals surface area contributed by atoms with Crippen molar-refractivity contribution in [1.82, 2.24) is 0 Å². The van der Waals surface area contributed by atoms with Crippen LogP contribution < -0.4 is 0 Å². The molecular weight excluding hydrogens is 475 g/mol. The first-order valence-corrected chi connectivity index (χ1v) is 21.9. The molecule has 0 aliphatic carbocycles. The SMILES string of the molecule is CC(CCS(=O)(=O)O)[N+](C)(C)CCC[Si](C)(O[Si](C)(C)C(C)(C)C)O[Si](C)(C)C(C)(C)C. The summed E-state index contributed by atoms with van der Waals surface area (Å²) in [4.78, 5) is 0. The molecule has 0 rings (SSSR count). The lowest BCUT2D eigenvalue weighted by Gasteiger charge is -2.48. The average molecular weight is 529 g/mol. The van der Waals surface area contributed by atoms with Crippen LogP contribution in [0.15, 0.2) is 0 Å². The molecule has 0 aromatic carbocycles. The van der Waals surface area contributed by atoms with Crippen molar-refractivity contribution in [3.63, 3.8) is 0 Å². The first-order valence-electron chi connectivity index (χ1n) is 11.9. The van der Waals surface area contributed by atoms with Gasteiger partial charge in [-0.3, -0.25) is 4.55 Å². The van der Waals surface area contributed by atoms with E-state index in [0.29, 0.717) is 10.9 Å².